The summed E-state index contributed by atoms with van der Waals surface area (Å²) in [7, 11) is 1.49. The number of halogens is 1. The minimum atomic E-state index is -0.555. The van der Waals surface area contributed by atoms with E-state index >= 15 is 0 Å². The van der Waals surface area contributed by atoms with Crippen molar-refractivity contribution in [2.75, 3.05) is 20.1 Å². The zero-order valence-electron chi connectivity index (χ0n) is 28.0. The fourth-order valence-electron chi connectivity index (χ4n) is 6.21. The third-order valence-corrected chi connectivity index (χ3v) is 8.90. The molecule has 0 bridgehead atoms. The molecule has 5 rings (SSSR count). The first kappa shape index (κ1) is 33.6. The molecule has 47 heavy (non-hydrogen) atoms. The number of carbonyl (C=O) groups is 3. The molecule has 3 aromatic carbocycles. The summed E-state index contributed by atoms with van der Waals surface area (Å²) < 4.78 is 16.4. The summed E-state index contributed by atoms with van der Waals surface area (Å²) in [4.78, 5) is 44.3. The summed E-state index contributed by atoms with van der Waals surface area (Å²) in [6.07, 6.45) is 4.51. The van der Waals surface area contributed by atoms with Crippen LogP contribution in [-0.4, -0.2) is 63.5 Å². The number of unbranched alkanes of at least 4 members (excludes halogenated alkanes) is 2. The number of nitrogens with one attached hydrogen (secondary N) is 1. The Balaban J connectivity index is 1.60. The number of aryl methyl sites for hydroxylation is 1. The second-order valence-electron chi connectivity index (χ2n) is 12.4. The molecule has 1 atom stereocenters. The minimum absolute atomic E-state index is 0.0653. The molecule has 0 aliphatic carbocycles. The predicted octanol–water partition coefficient (Wildman–Crippen LogP) is 6.98. The van der Waals surface area contributed by atoms with Gasteiger partial charge in [0.25, 0.3) is 17.7 Å². The fraction of sp³-hybridized carbons (Fsp3) is 0.368. The van der Waals surface area contributed by atoms with Crippen LogP contribution in [0.2, 0.25) is 0 Å². The van der Waals surface area contributed by atoms with Gasteiger partial charge in [0.15, 0.2) is 5.69 Å². The van der Waals surface area contributed by atoms with Crippen LogP contribution in [0.3, 0.4) is 0 Å². The van der Waals surface area contributed by atoms with Gasteiger partial charge < -0.3 is 15.1 Å². The van der Waals surface area contributed by atoms with Gasteiger partial charge in [-0.3, -0.25) is 14.4 Å². The van der Waals surface area contributed by atoms with E-state index in [2.05, 4.69) is 25.2 Å². The number of fused-ring (bicyclic) bond motifs is 1. The van der Waals surface area contributed by atoms with E-state index in [-0.39, 0.29) is 23.4 Å². The van der Waals surface area contributed by atoms with Gasteiger partial charge in [0.05, 0.1) is 11.3 Å². The number of hydrogen-bond donors (Lipinski definition) is 1. The molecule has 4 aromatic rings. The van der Waals surface area contributed by atoms with Crippen LogP contribution < -0.4 is 5.32 Å². The lowest BCUT2D eigenvalue weighted by molar-refractivity contribution is 0.0657. The molecule has 2 heterocycles. The summed E-state index contributed by atoms with van der Waals surface area (Å²) in [5.41, 5.74) is 5.50. The van der Waals surface area contributed by atoms with E-state index in [9.17, 15) is 18.8 Å². The maximum atomic E-state index is 14.7. The molecule has 0 spiro atoms. The Morgan fingerprint density at radius 2 is 1.64 bits per heavy atom. The number of rotatable bonds is 11. The summed E-state index contributed by atoms with van der Waals surface area (Å²) in [6, 6.07) is 19.3. The van der Waals surface area contributed by atoms with Gasteiger partial charge in [-0.2, -0.15) is 5.10 Å². The average molecular weight is 638 g/mol. The Hall–Kier alpha value is -4.79. The summed E-state index contributed by atoms with van der Waals surface area (Å²) in [5.74, 6) is -1.28. The maximum Gasteiger partial charge on any atom is 0.274 e. The smallest absolute Gasteiger partial charge is 0.274 e. The molecule has 1 aliphatic rings. The van der Waals surface area contributed by atoms with E-state index in [4.69, 9.17) is 5.10 Å². The second kappa shape index (κ2) is 14.8. The Labute approximate surface area is 276 Å². The van der Waals surface area contributed by atoms with Crippen LogP contribution in [0.15, 0.2) is 66.7 Å². The van der Waals surface area contributed by atoms with Crippen LogP contribution in [0.1, 0.15) is 94.5 Å². The standard InChI is InChI=1S/C38H44FN5O3/c1-6-8-16-42(17-9-7-2)38(47)34-19-26(4)44(41-34)35-15-14-28(30-20-31(36(45)40-5)22-32(39)21-30)23-33(35)37(46)43-24-29-13-11-10-12-27(29)18-25(43)3/h10-15,19-23,25H,6-9,16-18,24H2,1-5H3,(H,40,45)/t25-/m1/s1. The molecule has 1 N–H and O–H groups in total. The highest BCUT2D eigenvalue weighted by Crippen LogP contribution is 2.31. The maximum absolute atomic E-state index is 14.7. The Morgan fingerprint density at radius 3 is 2.32 bits per heavy atom. The molecular formula is C38H44FN5O3. The number of carbonyl (C=O) groups excluding carboxylic acids is 3. The van der Waals surface area contributed by atoms with Crippen LogP contribution in [-0.2, 0) is 13.0 Å². The summed E-state index contributed by atoms with van der Waals surface area (Å²) in [5, 5.41) is 7.31. The van der Waals surface area contributed by atoms with Crippen molar-refractivity contribution < 1.29 is 18.8 Å². The topological polar surface area (TPSA) is 87.5 Å². The second-order valence-corrected chi connectivity index (χ2v) is 12.4. The predicted molar refractivity (Wildman–Crippen MR) is 182 cm³/mol. The largest absolute Gasteiger partial charge is 0.355 e. The molecule has 0 saturated heterocycles. The number of nitrogens with zero attached hydrogens (tertiary/aromatic N) is 4. The highest BCUT2D eigenvalue weighted by Gasteiger charge is 2.30. The monoisotopic (exact) mass is 637 g/mol. The molecule has 1 aliphatic heterocycles. The van der Waals surface area contributed by atoms with Gasteiger partial charge in [0.1, 0.15) is 5.82 Å². The Bertz CT molecular complexity index is 1770. The van der Waals surface area contributed by atoms with Gasteiger partial charge in [-0.05, 0) is 91.8 Å². The molecule has 3 amide bonds. The zero-order valence-corrected chi connectivity index (χ0v) is 28.0. The highest BCUT2D eigenvalue weighted by molar-refractivity contribution is 6.00. The van der Waals surface area contributed by atoms with Gasteiger partial charge >= 0.3 is 0 Å². The van der Waals surface area contributed by atoms with E-state index in [0.29, 0.717) is 53.4 Å². The fourth-order valence-corrected chi connectivity index (χ4v) is 6.21. The van der Waals surface area contributed by atoms with Crippen LogP contribution in [0.5, 0.6) is 0 Å². The van der Waals surface area contributed by atoms with Gasteiger partial charge in [0, 0.05) is 44.0 Å². The van der Waals surface area contributed by atoms with Crippen LogP contribution >= 0.6 is 0 Å². The van der Waals surface area contributed by atoms with E-state index < -0.39 is 11.7 Å². The first-order valence-electron chi connectivity index (χ1n) is 16.6. The van der Waals surface area contributed by atoms with Gasteiger partial charge in [0.2, 0.25) is 0 Å². The molecule has 0 unspecified atom stereocenters. The van der Waals surface area contributed by atoms with Crippen molar-refractivity contribution in [3.8, 4) is 16.8 Å². The van der Waals surface area contributed by atoms with Crippen molar-refractivity contribution in [1.29, 1.82) is 0 Å². The van der Waals surface area contributed by atoms with Gasteiger partial charge in [-0.15, -0.1) is 0 Å². The van der Waals surface area contributed by atoms with Gasteiger partial charge in [-0.1, -0.05) is 57.0 Å². The van der Waals surface area contributed by atoms with Gasteiger partial charge in [-0.25, -0.2) is 9.07 Å². The van der Waals surface area contributed by atoms with E-state index in [1.165, 1.54) is 24.7 Å². The molecule has 0 saturated carbocycles. The number of aromatic nitrogens is 2. The molecule has 9 heteroatoms. The van der Waals surface area contributed by atoms with Crippen LogP contribution in [0.25, 0.3) is 16.8 Å². The Kier molecular flexibility index (Phi) is 10.5. The number of benzene rings is 3. The van der Waals surface area contributed by atoms with Crippen molar-refractivity contribution in [3.05, 3.63) is 106 Å². The lowest BCUT2D eigenvalue weighted by Crippen LogP contribution is -2.43. The molecule has 0 radical (unpaired) electrons. The molecule has 246 valence electrons. The highest BCUT2D eigenvalue weighted by atomic mass is 19.1. The third-order valence-electron chi connectivity index (χ3n) is 8.90. The molecule has 0 fully saturated rings. The lowest BCUT2D eigenvalue weighted by atomic mass is 9.93. The van der Waals surface area contributed by atoms with Crippen molar-refractivity contribution in [1.82, 2.24) is 24.9 Å². The van der Waals surface area contributed by atoms with Crippen molar-refractivity contribution in [3.63, 3.8) is 0 Å². The van der Waals surface area contributed by atoms with Crippen LogP contribution in [0.4, 0.5) is 4.39 Å². The lowest BCUT2D eigenvalue weighted by Gasteiger charge is -2.35. The quantitative estimate of drug-likeness (QED) is 0.192. The minimum Gasteiger partial charge on any atom is -0.355 e. The Morgan fingerprint density at radius 1 is 0.936 bits per heavy atom. The third kappa shape index (κ3) is 7.29. The number of amides is 3. The summed E-state index contributed by atoms with van der Waals surface area (Å²) >= 11 is 0. The van der Waals surface area contributed by atoms with E-state index in [1.54, 1.807) is 35.0 Å². The normalized spacial score (nSPS) is 14.1. The van der Waals surface area contributed by atoms with Crippen molar-refractivity contribution >= 4 is 17.7 Å². The van der Waals surface area contributed by atoms with E-state index in [0.717, 1.165) is 37.7 Å². The first-order valence-corrected chi connectivity index (χ1v) is 16.6. The zero-order chi connectivity index (χ0) is 33.7. The molecule has 1 aromatic heterocycles. The van der Waals surface area contributed by atoms with E-state index in [1.807, 2.05) is 41.8 Å². The van der Waals surface area contributed by atoms with Crippen LogP contribution in [0, 0.1) is 12.7 Å². The SMILES string of the molecule is CCCCN(CCCC)C(=O)c1cc(C)n(-c2ccc(-c3cc(F)cc(C(=O)NC)c3)cc2C(=O)N2Cc3ccccc3C[C@H]2C)n1. The average Bonchev–Trinajstić information content (AvgIpc) is 3.47. The first-order chi connectivity index (χ1) is 22.6. The number of hydrogen-bond acceptors (Lipinski definition) is 4. The molecular weight excluding hydrogens is 593 g/mol. The summed E-state index contributed by atoms with van der Waals surface area (Å²) in [6.45, 7) is 9.90. The van der Waals surface area contributed by atoms with Crippen molar-refractivity contribution in [2.45, 2.75) is 72.4 Å². The molecule has 8 nitrogen and oxygen atoms in total. The van der Waals surface area contributed by atoms with Crippen molar-refractivity contribution in [2.24, 2.45) is 0 Å².